The predicted octanol–water partition coefficient (Wildman–Crippen LogP) is 6.00. The van der Waals surface area contributed by atoms with Crippen molar-refractivity contribution in [3.05, 3.63) is 72.8 Å². The molecule has 0 amide bonds. The minimum absolute atomic E-state index is 1.18. The molecule has 7 rings (SSSR count). The highest BCUT2D eigenvalue weighted by molar-refractivity contribution is 6.30. The van der Waals surface area contributed by atoms with Gasteiger partial charge in [-0.25, -0.2) is 0 Å². The van der Waals surface area contributed by atoms with Crippen LogP contribution in [0.3, 0.4) is 0 Å². The van der Waals surface area contributed by atoms with E-state index in [1.54, 1.807) is 0 Å². The Morgan fingerprint density at radius 3 is 2.07 bits per heavy atom. The van der Waals surface area contributed by atoms with Crippen LogP contribution in [0, 0.1) is 0 Å². The molecule has 0 atom stereocenters. The van der Waals surface area contributed by atoms with Crippen molar-refractivity contribution in [1.82, 2.24) is 13.5 Å². The van der Waals surface area contributed by atoms with Gasteiger partial charge in [-0.2, -0.15) is 0 Å². The average molecular weight is 371 g/mol. The minimum atomic E-state index is 1.18. The Bertz CT molecular complexity index is 1730. The van der Waals surface area contributed by atoms with Crippen LogP contribution >= 0.6 is 0 Å². The van der Waals surface area contributed by atoms with E-state index < -0.39 is 0 Å². The first-order chi connectivity index (χ1) is 13.8. The minimum Gasteiger partial charge on any atom is -0.450 e. The molecule has 0 spiro atoms. The Hall–Kier alpha value is -3.19. The van der Waals surface area contributed by atoms with Crippen molar-refractivity contribution in [2.75, 3.05) is 0 Å². The van der Waals surface area contributed by atoms with Crippen molar-refractivity contribution >= 4 is 81.9 Å². The Balaban J connectivity index is 1.71. The molecule has 0 fully saturated rings. The van der Waals surface area contributed by atoms with E-state index in [4.69, 9.17) is 0 Å². The number of hydrogen-bond donors (Lipinski definition) is 2. The largest absolute Gasteiger partial charge is 0.450 e. The van der Waals surface area contributed by atoms with E-state index in [-0.39, 0.29) is 0 Å². The topological polar surface area (TPSA) is 36.5 Å². The molecule has 3 heterocycles. The van der Waals surface area contributed by atoms with E-state index >= 15 is 0 Å². The molecule has 2 radical (unpaired) electrons. The fourth-order valence-electron chi connectivity index (χ4n) is 4.79. The number of fused-ring (bicyclic) bond motifs is 10. The van der Waals surface area contributed by atoms with Gasteiger partial charge in [0.25, 0.3) is 0 Å². The first-order valence-corrected chi connectivity index (χ1v) is 9.94. The number of para-hydroxylation sites is 2. The van der Waals surface area contributed by atoms with Crippen LogP contribution < -0.4 is 0 Å². The lowest BCUT2D eigenvalue weighted by Gasteiger charge is -2.02. The summed E-state index contributed by atoms with van der Waals surface area (Å²) >= 11 is 2.92. The summed E-state index contributed by atoms with van der Waals surface area (Å²) in [6, 6.07) is 26.1. The maximum Gasteiger partial charge on any atom is 0.318 e. The van der Waals surface area contributed by atoms with Crippen LogP contribution in [0.15, 0.2) is 72.8 Å². The Kier molecular flexibility index (Phi) is 2.64. The lowest BCUT2D eigenvalue weighted by atomic mass is 10.1. The van der Waals surface area contributed by atoms with Crippen LogP contribution in [-0.4, -0.2) is 30.0 Å². The molecular weight excluding hydrogens is 357 g/mol. The van der Waals surface area contributed by atoms with Crippen LogP contribution in [0.2, 0.25) is 0 Å². The third-order valence-corrected chi connectivity index (χ3v) is 6.60. The molecule has 0 unspecified atom stereocenters. The molecule has 28 heavy (non-hydrogen) atoms. The van der Waals surface area contributed by atoms with Gasteiger partial charge in [0, 0.05) is 59.9 Å². The van der Waals surface area contributed by atoms with Crippen molar-refractivity contribution in [3.63, 3.8) is 0 Å². The molecule has 0 bridgehead atoms. The number of nitrogens with zero attached hydrogens (tertiary/aromatic N) is 1. The quantitative estimate of drug-likeness (QED) is 0.307. The third-order valence-electron chi connectivity index (χ3n) is 6.07. The summed E-state index contributed by atoms with van der Waals surface area (Å²) in [5.74, 6) is 0. The first-order valence-electron chi connectivity index (χ1n) is 9.43. The Labute approximate surface area is 168 Å². The Morgan fingerprint density at radius 1 is 0.571 bits per heavy atom. The van der Waals surface area contributed by atoms with Gasteiger partial charge in [0.15, 0.2) is 0 Å². The van der Waals surface area contributed by atoms with E-state index in [0.29, 0.717) is 0 Å². The zero-order valence-corrected chi connectivity index (χ0v) is 16.1. The number of H-pyrrole nitrogens is 2. The summed E-state index contributed by atoms with van der Waals surface area (Å²) < 4.78 is 2.25. The maximum atomic E-state index is 3.65. The van der Waals surface area contributed by atoms with Crippen LogP contribution in [-0.2, 0) is 0 Å². The van der Waals surface area contributed by atoms with Crippen LogP contribution in [0.25, 0.3) is 65.4 Å². The molecule has 7 aromatic rings. The molecule has 3 nitrogen and oxygen atoms in total. The number of rotatable bonds is 0. The van der Waals surface area contributed by atoms with Crippen LogP contribution in [0.1, 0.15) is 0 Å². The molecule has 128 valence electrons. The molecule has 4 heteroatoms. The molecule has 0 aliphatic heterocycles. The summed E-state index contributed by atoms with van der Waals surface area (Å²) in [7, 11) is 0. The third kappa shape index (κ3) is 1.70. The Morgan fingerprint density at radius 2 is 1.25 bits per heavy atom. The maximum absolute atomic E-state index is 3.65. The molecule has 2 N–H and O–H groups in total. The van der Waals surface area contributed by atoms with E-state index in [9.17, 15) is 0 Å². The second-order valence-corrected chi connectivity index (χ2v) is 8.03. The molecule has 0 saturated carbocycles. The lowest BCUT2D eigenvalue weighted by molar-refractivity contribution is 1.40. The van der Waals surface area contributed by atoms with Crippen molar-refractivity contribution in [2.24, 2.45) is 0 Å². The fraction of sp³-hybridized carbons (Fsp3) is 0. The van der Waals surface area contributed by atoms with E-state index in [1.165, 1.54) is 65.4 Å². The summed E-state index contributed by atoms with van der Waals surface area (Å²) in [6.45, 7) is 0. The summed E-state index contributed by atoms with van der Waals surface area (Å²) in [4.78, 5) is 7.22. The SMILES string of the molecule is [Al][n]1c2cc3c(cc2c2ccc4c5ccccc5[nH]c4c21)[nH]c1ccccc13. The predicted molar refractivity (Wildman–Crippen MR) is 119 cm³/mol. The van der Waals surface area contributed by atoms with E-state index in [0.717, 1.165) is 0 Å². The number of aromatic amines is 2. The zero-order chi connectivity index (χ0) is 18.4. The van der Waals surface area contributed by atoms with Gasteiger partial charge < -0.3 is 13.5 Å². The highest BCUT2D eigenvalue weighted by Crippen LogP contribution is 2.38. The normalized spacial score (nSPS) is 12.4. The molecular formula is C24H14AlN3. The van der Waals surface area contributed by atoms with E-state index in [2.05, 4.69) is 103 Å². The van der Waals surface area contributed by atoms with Crippen molar-refractivity contribution in [3.8, 4) is 0 Å². The van der Waals surface area contributed by atoms with Crippen molar-refractivity contribution in [2.45, 2.75) is 0 Å². The van der Waals surface area contributed by atoms with E-state index in [1.807, 2.05) is 0 Å². The average Bonchev–Trinajstić information content (AvgIpc) is 3.36. The fourth-order valence-corrected chi connectivity index (χ4v) is 5.28. The van der Waals surface area contributed by atoms with Crippen LogP contribution in [0.4, 0.5) is 0 Å². The van der Waals surface area contributed by atoms with Gasteiger partial charge in [-0.15, -0.1) is 0 Å². The standard InChI is InChI=1S/C24H14N3.Al/c1-4-8-20-13(5-1)15-9-10-16-18-12-21-17(14-6-2-3-7-19(14)25-21)11-22(18)27-24(16)23(15)26-20;/h1-12,25-26H;/q-1;+1. The van der Waals surface area contributed by atoms with Gasteiger partial charge in [-0.05, 0) is 24.3 Å². The number of nitrogens with one attached hydrogen (secondary N) is 2. The smallest absolute Gasteiger partial charge is 0.318 e. The lowest BCUT2D eigenvalue weighted by Crippen LogP contribution is -1.91. The van der Waals surface area contributed by atoms with Crippen molar-refractivity contribution in [1.29, 1.82) is 0 Å². The molecule has 0 aliphatic rings. The highest BCUT2D eigenvalue weighted by atomic mass is 27.1. The zero-order valence-electron chi connectivity index (χ0n) is 15.0. The summed E-state index contributed by atoms with van der Waals surface area (Å²) in [5, 5.41) is 7.61. The number of aromatic nitrogens is 3. The van der Waals surface area contributed by atoms with Gasteiger partial charge in [0.2, 0.25) is 0 Å². The van der Waals surface area contributed by atoms with Gasteiger partial charge in [-0.3, -0.25) is 0 Å². The van der Waals surface area contributed by atoms with Gasteiger partial charge >= 0.3 is 16.5 Å². The number of hydrogen-bond acceptors (Lipinski definition) is 0. The van der Waals surface area contributed by atoms with Gasteiger partial charge in [0.1, 0.15) is 0 Å². The molecule has 4 aromatic carbocycles. The highest BCUT2D eigenvalue weighted by Gasteiger charge is 2.15. The van der Waals surface area contributed by atoms with Gasteiger partial charge in [0.05, 0.1) is 5.52 Å². The van der Waals surface area contributed by atoms with Crippen LogP contribution in [0.5, 0.6) is 0 Å². The number of benzene rings is 4. The summed E-state index contributed by atoms with van der Waals surface area (Å²) in [6.07, 6.45) is 0. The van der Waals surface area contributed by atoms with Crippen molar-refractivity contribution < 1.29 is 0 Å². The molecule has 3 aromatic heterocycles. The first kappa shape index (κ1) is 14.8. The second kappa shape index (κ2) is 4.99. The summed E-state index contributed by atoms with van der Waals surface area (Å²) in [5.41, 5.74) is 7.19. The molecule has 0 aliphatic carbocycles. The second-order valence-electron chi connectivity index (χ2n) is 7.51. The monoisotopic (exact) mass is 371 g/mol. The molecule has 0 saturated heterocycles. The van der Waals surface area contributed by atoms with Gasteiger partial charge in [-0.1, -0.05) is 48.5 Å².